The first-order valence-corrected chi connectivity index (χ1v) is 7.41. The average Bonchev–Trinajstić information content (AvgIpc) is 2.86. The molecule has 20 heavy (non-hydrogen) atoms. The number of aryl methyl sites for hydroxylation is 2. The van der Waals surface area contributed by atoms with Crippen LogP contribution in [0.3, 0.4) is 0 Å². The number of hydrogen-bond donors (Lipinski definition) is 2. The molecule has 0 saturated heterocycles. The lowest BCUT2D eigenvalue weighted by atomic mass is 10.1. The fraction of sp³-hybridized carbons (Fsp3) is 0.357. The number of aromatic nitrogens is 2. The number of nitrogens with one attached hydrogen (secondary N) is 1. The van der Waals surface area contributed by atoms with Crippen molar-refractivity contribution in [1.82, 2.24) is 10.2 Å². The van der Waals surface area contributed by atoms with E-state index in [4.69, 9.17) is 5.73 Å². The highest BCUT2D eigenvalue weighted by Crippen LogP contribution is 2.18. The van der Waals surface area contributed by atoms with Gasteiger partial charge in [-0.2, -0.15) is 0 Å². The second-order valence-electron chi connectivity index (χ2n) is 4.57. The third kappa shape index (κ3) is 4.11. The van der Waals surface area contributed by atoms with Crippen molar-refractivity contribution >= 4 is 22.4 Å². The van der Waals surface area contributed by atoms with Gasteiger partial charge < -0.3 is 5.73 Å². The summed E-state index contributed by atoms with van der Waals surface area (Å²) in [5.74, 6) is -0.154. The summed E-state index contributed by atoms with van der Waals surface area (Å²) in [4.78, 5) is 12.0. The van der Waals surface area contributed by atoms with Crippen molar-refractivity contribution in [1.29, 1.82) is 0 Å². The van der Waals surface area contributed by atoms with E-state index in [2.05, 4.69) is 15.5 Å². The first-order valence-electron chi connectivity index (χ1n) is 6.59. The number of rotatable bonds is 6. The van der Waals surface area contributed by atoms with Gasteiger partial charge in [-0.15, -0.1) is 10.2 Å². The van der Waals surface area contributed by atoms with Crippen LogP contribution in [0.4, 0.5) is 5.13 Å². The molecule has 2 rings (SSSR count). The maximum atomic E-state index is 12.0. The summed E-state index contributed by atoms with van der Waals surface area (Å²) in [5.41, 5.74) is 7.13. The van der Waals surface area contributed by atoms with Crippen LogP contribution in [0, 0.1) is 6.92 Å². The molecule has 0 spiro atoms. The largest absolute Gasteiger partial charge is 0.330 e. The number of carbonyl (C=O) groups excluding carboxylic acids is 1. The zero-order valence-electron chi connectivity index (χ0n) is 11.4. The number of unbranched alkanes of at least 4 members (excludes halogenated alkanes) is 1. The summed E-state index contributed by atoms with van der Waals surface area (Å²) in [6, 6.07) is 7.45. The molecule has 1 aromatic heterocycles. The van der Waals surface area contributed by atoms with E-state index in [0.29, 0.717) is 17.2 Å². The van der Waals surface area contributed by atoms with Gasteiger partial charge in [-0.1, -0.05) is 29.0 Å². The van der Waals surface area contributed by atoms with Crippen LogP contribution in [0.2, 0.25) is 0 Å². The summed E-state index contributed by atoms with van der Waals surface area (Å²) in [7, 11) is 0. The van der Waals surface area contributed by atoms with E-state index in [1.807, 2.05) is 25.1 Å². The van der Waals surface area contributed by atoms with Gasteiger partial charge >= 0.3 is 0 Å². The van der Waals surface area contributed by atoms with Crippen LogP contribution in [0.25, 0.3) is 0 Å². The lowest BCUT2D eigenvalue weighted by Crippen LogP contribution is -2.11. The molecule has 0 unspecified atom stereocenters. The van der Waals surface area contributed by atoms with Crippen molar-refractivity contribution in [2.75, 3.05) is 11.9 Å². The minimum absolute atomic E-state index is 0.154. The molecule has 5 nitrogen and oxygen atoms in total. The number of amides is 1. The quantitative estimate of drug-likeness (QED) is 0.800. The number of anilines is 1. The predicted octanol–water partition coefficient (Wildman–Crippen LogP) is 2.38. The smallest absolute Gasteiger partial charge is 0.257 e. The molecule has 1 heterocycles. The topological polar surface area (TPSA) is 80.9 Å². The normalized spacial score (nSPS) is 10.5. The predicted molar refractivity (Wildman–Crippen MR) is 81.0 cm³/mol. The Labute approximate surface area is 122 Å². The van der Waals surface area contributed by atoms with Crippen LogP contribution in [-0.4, -0.2) is 22.6 Å². The Kier molecular flexibility index (Phi) is 5.20. The van der Waals surface area contributed by atoms with Crippen LogP contribution < -0.4 is 11.1 Å². The maximum absolute atomic E-state index is 12.0. The Hall–Kier alpha value is -1.79. The Bertz CT molecular complexity index is 582. The first kappa shape index (κ1) is 14.6. The van der Waals surface area contributed by atoms with E-state index in [1.165, 1.54) is 11.3 Å². The number of benzene rings is 1. The molecule has 0 radical (unpaired) electrons. The summed E-state index contributed by atoms with van der Waals surface area (Å²) in [6.45, 7) is 2.65. The number of carbonyl (C=O) groups is 1. The van der Waals surface area contributed by atoms with Gasteiger partial charge in [-0.25, -0.2) is 0 Å². The molecule has 0 aliphatic rings. The second-order valence-corrected chi connectivity index (χ2v) is 5.63. The highest BCUT2D eigenvalue weighted by Gasteiger charge is 2.10. The fourth-order valence-electron chi connectivity index (χ4n) is 1.78. The van der Waals surface area contributed by atoms with E-state index in [9.17, 15) is 4.79 Å². The van der Waals surface area contributed by atoms with Gasteiger partial charge in [0.1, 0.15) is 5.01 Å². The van der Waals surface area contributed by atoms with E-state index >= 15 is 0 Å². The summed E-state index contributed by atoms with van der Waals surface area (Å²) in [6.07, 6.45) is 2.83. The van der Waals surface area contributed by atoms with Crippen molar-refractivity contribution < 1.29 is 4.79 Å². The highest BCUT2D eigenvalue weighted by atomic mass is 32.1. The van der Waals surface area contributed by atoms with E-state index in [-0.39, 0.29) is 5.91 Å². The van der Waals surface area contributed by atoms with Gasteiger partial charge in [-0.05, 0) is 38.4 Å². The van der Waals surface area contributed by atoms with Crippen molar-refractivity contribution in [2.24, 2.45) is 5.73 Å². The van der Waals surface area contributed by atoms with E-state index in [1.54, 1.807) is 6.07 Å². The minimum Gasteiger partial charge on any atom is -0.330 e. The molecule has 3 N–H and O–H groups in total. The molecule has 0 fully saturated rings. The Morgan fingerprint density at radius 2 is 2.20 bits per heavy atom. The maximum Gasteiger partial charge on any atom is 0.257 e. The van der Waals surface area contributed by atoms with Gasteiger partial charge in [0, 0.05) is 12.0 Å². The molecule has 2 aromatic rings. The molecule has 0 saturated carbocycles. The fourth-order valence-corrected chi connectivity index (χ4v) is 2.56. The second kappa shape index (κ2) is 7.12. The third-order valence-electron chi connectivity index (χ3n) is 2.81. The molecular weight excluding hydrogens is 272 g/mol. The van der Waals surface area contributed by atoms with Gasteiger partial charge in [0.05, 0.1) is 0 Å². The molecule has 0 atom stereocenters. The monoisotopic (exact) mass is 290 g/mol. The SMILES string of the molecule is Cc1cccc(C(=O)Nc2nnc(CCCCN)s2)c1. The molecule has 0 aliphatic carbocycles. The summed E-state index contributed by atoms with van der Waals surface area (Å²) < 4.78 is 0. The van der Waals surface area contributed by atoms with Gasteiger partial charge in [0.15, 0.2) is 0 Å². The average molecular weight is 290 g/mol. The zero-order valence-corrected chi connectivity index (χ0v) is 12.2. The molecule has 0 aliphatic heterocycles. The summed E-state index contributed by atoms with van der Waals surface area (Å²) in [5, 5.41) is 12.3. The molecular formula is C14H18N4OS. The van der Waals surface area contributed by atoms with Gasteiger partial charge in [-0.3, -0.25) is 10.1 Å². The van der Waals surface area contributed by atoms with Crippen molar-refractivity contribution in [3.05, 3.63) is 40.4 Å². The first-order chi connectivity index (χ1) is 9.69. The number of hydrogen-bond acceptors (Lipinski definition) is 5. The number of nitrogens with two attached hydrogens (primary N) is 1. The molecule has 0 bridgehead atoms. The van der Waals surface area contributed by atoms with Gasteiger partial charge in [0.2, 0.25) is 5.13 Å². The van der Waals surface area contributed by atoms with E-state index in [0.717, 1.165) is 29.8 Å². The Balaban J connectivity index is 1.94. The van der Waals surface area contributed by atoms with Gasteiger partial charge in [0.25, 0.3) is 5.91 Å². The summed E-state index contributed by atoms with van der Waals surface area (Å²) >= 11 is 1.42. The lowest BCUT2D eigenvalue weighted by molar-refractivity contribution is 0.102. The molecule has 1 aromatic carbocycles. The molecule has 1 amide bonds. The Morgan fingerprint density at radius 1 is 1.35 bits per heavy atom. The standard InChI is InChI=1S/C14H18N4OS/c1-10-5-4-6-11(9-10)13(19)16-14-18-17-12(20-14)7-2-3-8-15/h4-6,9H,2-3,7-8,15H2,1H3,(H,16,18,19). The van der Waals surface area contributed by atoms with Crippen LogP contribution in [0.15, 0.2) is 24.3 Å². The van der Waals surface area contributed by atoms with Crippen molar-refractivity contribution in [3.8, 4) is 0 Å². The molecule has 6 heteroatoms. The molecule has 106 valence electrons. The minimum atomic E-state index is -0.154. The van der Waals surface area contributed by atoms with Crippen LogP contribution in [0.1, 0.15) is 33.8 Å². The van der Waals surface area contributed by atoms with Crippen molar-refractivity contribution in [3.63, 3.8) is 0 Å². The van der Waals surface area contributed by atoms with Crippen molar-refractivity contribution in [2.45, 2.75) is 26.2 Å². The van der Waals surface area contributed by atoms with E-state index < -0.39 is 0 Å². The van der Waals surface area contributed by atoms with Crippen LogP contribution in [-0.2, 0) is 6.42 Å². The third-order valence-corrected chi connectivity index (χ3v) is 3.71. The number of nitrogens with zero attached hydrogens (tertiary/aromatic N) is 2. The lowest BCUT2D eigenvalue weighted by Gasteiger charge is -2.01. The van der Waals surface area contributed by atoms with Crippen LogP contribution >= 0.6 is 11.3 Å². The highest BCUT2D eigenvalue weighted by molar-refractivity contribution is 7.15. The van der Waals surface area contributed by atoms with Crippen LogP contribution in [0.5, 0.6) is 0 Å². The Morgan fingerprint density at radius 3 is 2.95 bits per heavy atom. The zero-order chi connectivity index (χ0) is 14.4.